The van der Waals surface area contributed by atoms with E-state index in [0.29, 0.717) is 17.0 Å². The summed E-state index contributed by atoms with van der Waals surface area (Å²) in [7, 11) is 0. The van der Waals surface area contributed by atoms with Gasteiger partial charge in [-0.15, -0.1) is 10.2 Å². The van der Waals surface area contributed by atoms with Crippen LogP contribution in [0.3, 0.4) is 0 Å². The Hall–Kier alpha value is -0.610. The Morgan fingerprint density at radius 3 is 2.58 bits per heavy atom. The maximum atomic E-state index is 5.86. The molecule has 3 rings (SSSR count). The molecule has 0 N–H and O–H groups in total. The van der Waals surface area contributed by atoms with E-state index < -0.39 is 0 Å². The van der Waals surface area contributed by atoms with E-state index in [0.717, 1.165) is 11.3 Å². The first-order valence-corrected chi connectivity index (χ1v) is 6.38. The predicted molar refractivity (Wildman–Crippen MR) is 77.4 cm³/mol. The molecule has 0 atom stereocenters. The van der Waals surface area contributed by atoms with Crippen molar-refractivity contribution >= 4 is 41.2 Å². The third-order valence-corrected chi connectivity index (χ3v) is 3.28. The summed E-state index contributed by atoms with van der Waals surface area (Å²) in [4.78, 5) is 0. The van der Waals surface area contributed by atoms with E-state index in [4.69, 9.17) is 16.3 Å². The van der Waals surface area contributed by atoms with E-state index in [1.54, 1.807) is 12.1 Å². The first-order chi connectivity index (χ1) is 8.74. The van der Waals surface area contributed by atoms with Crippen LogP contribution in [-0.4, -0.2) is 39.8 Å². The fourth-order valence-corrected chi connectivity index (χ4v) is 2.09. The third-order valence-electron chi connectivity index (χ3n) is 3.07. The zero-order valence-corrected chi connectivity index (χ0v) is 10.8. The van der Waals surface area contributed by atoms with Crippen LogP contribution in [0.4, 0.5) is 0 Å². The number of aryl methyl sites for hydroxylation is 1. The number of benzene rings is 1. The van der Waals surface area contributed by atoms with Gasteiger partial charge in [0.15, 0.2) is 5.15 Å². The average molecular weight is 285 g/mol. The van der Waals surface area contributed by atoms with Gasteiger partial charge >= 0.3 is 29.6 Å². The van der Waals surface area contributed by atoms with Crippen molar-refractivity contribution in [3.63, 3.8) is 0 Å². The Bertz CT molecular complexity index is 570. The van der Waals surface area contributed by atoms with Crippen molar-refractivity contribution in [1.29, 1.82) is 0 Å². The average Bonchev–Trinajstić information content (AvgIpc) is 3.18. The van der Waals surface area contributed by atoms with Gasteiger partial charge in [-0.25, -0.2) is 0 Å². The van der Waals surface area contributed by atoms with Crippen molar-refractivity contribution < 1.29 is 4.74 Å². The molecule has 3 nitrogen and oxygen atoms in total. The predicted octanol–water partition coefficient (Wildman–Crippen LogP) is 3.46. The summed E-state index contributed by atoms with van der Waals surface area (Å²) in [5.41, 5.74) is 2.39. The summed E-state index contributed by atoms with van der Waals surface area (Å²) in [6.45, 7) is 2.05. The zero-order valence-electron chi connectivity index (χ0n) is 10.1. The van der Waals surface area contributed by atoms with Gasteiger partial charge in [0, 0.05) is 6.07 Å². The van der Waals surface area contributed by atoms with Crippen molar-refractivity contribution in [2.24, 2.45) is 0 Å². The topological polar surface area (TPSA) is 35.0 Å². The Balaban J connectivity index is 0.00000133. The summed E-state index contributed by atoms with van der Waals surface area (Å²) in [6, 6.07) is 9.66. The molecular weight excluding hydrogens is 271 g/mol. The molecular formula is C14H14ClN2NaO. The molecule has 1 heterocycles. The number of aromatic nitrogens is 2. The van der Waals surface area contributed by atoms with E-state index in [9.17, 15) is 0 Å². The second-order valence-electron chi connectivity index (χ2n) is 4.56. The van der Waals surface area contributed by atoms with Crippen LogP contribution < -0.4 is 4.74 Å². The van der Waals surface area contributed by atoms with Gasteiger partial charge in [-0.1, -0.05) is 29.8 Å². The van der Waals surface area contributed by atoms with Crippen molar-refractivity contribution in [3.8, 4) is 11.6 Å². The molecule has 0 saturated heterocycles. The fraction of sp³-hybridized carbons (Fsp3) is 0.286. The molecule has 0 bridgehead atoms. The van der Waals surface area contributed by atoms with E-state index in [2.05, 4.69) is 22.3 Å². The molecule has 19 heavy (non-hydrogen) atoms. The second kappa shape index (κ2) is 6.23. The number of halogens is 1. The van der Waals surface area contributed by atoms with Crippen LogP contribution in [0, 0.1) is 6.92 Å². The molecule has 1 aliphatic carbocycles. The van der Waals surface area contributed by atoms with E-state index in [1.165, 1.54) is 18.4 Å². The molecule has 1 aromatic heterocycles. The van der Waals surface area contributed by atoms with Crippen molar-refractivity contribution in [2.75, 3.05) is 0 Å². The van der Waals surface area contributed by atoms with E-state index in [-0.39, 0.29) is 29.6 Å². The number of ether oxygens (including phenoxy) is 1. The van der Waals surface area contributed by atoms with E-state index in [1.807, 2.05) is 13.0 Å². The van der Waals surface area contributed by atoms with Crippen LogP contribution in [0.2, 0.25) is 5.15 Å². The van der Waals surface area contributed by atoms with Gasteiger partial charge in [0.25, 0.3) is 0 Å². The van der Waals surface area contributed by atoms with E-state index >= 15 is 0 Å². The molecule has 1 aromatic carbocycles. The molecule has 0 amide bonds. The molecule has 0 radical (unpaired) electrons. The standard InChI is InChI=1S/C14H13ClN2O.Na.H/c1-9-3-2-4-11(10-5-6-10)14(9)18-13-8-7-12(15)16-17-13;;/h2-4,7-8,10H,5-6H2,1H3;;. The van der Waals surface area contributed by atoms with Crippen LogP contribution in [0.1, 0.15) is 29.9 Å². The normalized spacial score (nSPS) is 13.8. The number of para-hydroxylation sites is 1. The Morgan fingerprint density at radius 1 is 1.16 bits per heavy atom. The molecule has 94 valence electrons. The molecule has 5 heteroatoms. The quantitative estimate of drug-likeness (QED) is 0.810. The molecule has 0 aliphatic heterocycles. The van der Waals surface area contributed by atoms with Gasteiger partial charge in [0.1, 0.15) is 5.75 Å². The molecule has 2 aromatic rings. The molecule has 0 spiro atoms. The zero-order chi connectivity index (χ0) is 12.5. The number of hydrogen-bond acceptors (Lipinski definition) is 3. The third kappa shape index (κ3) is 3.48. The van der Waals surface area contributed by atoms with Crippen LogP contribution >= 0.6 is 11.6 Å². The summed E-state index contributed by atoms with van der Waals surface area (Å²) in [5, 5.41) is 8.09. The fourth-order valence-electron chi connectivity index (χ4n) is 1.99. The monoisotopic (exact) mass is 284 g/mol. The molecule has 1 saturated carbocycles. The second-order valence-corrected chi connectivity index (χ2v) is 4.95. The van der Waals surface area contributed by atoms with Crippen molar-refractivity contribution in [2.45, 2.75) is 25.7 Å². The number of rotatable bonds is 3. The Labute approximate surface area is 139 Å². The van der Waals surface area contributed by atoms with Crippen LogP contribution in [0.15, 0.2) is 30.3 Å². The Morgan fingerprint density at radius 2 is 1.95 bits per heavy atom. The van der Waals surface area contributed by atoms with Gasteiger partial charge in [-0.3, -0.25) is 0 Å². The van der Waals surface area contributed by atoms with Gasteiger partial charge in [-0.2, -0.15) is 0 Å². The van der Waals surface area contributed by atoms with Gasteiger partial charge < -0.3 is 4.74 Å². The van der Waals surface area contributed by atoms with Crippen LogP contribution in [0.5, 0.6) is 11.6 Å². The summed E-state index contributed by atoms with van der Waals surface area (Å²) >= 11 is 5.71. The van der Waals surface area contributed by atoms with Gasteiger partial charge in [-0.05, 0) is 42.9 Å². The van der Waals surface area contributed by atoms with Crippen LogP contribution in [0.25, 0.3) is 0 Å². The summed E-state index contributed by atoms with van der Waals surface area (Å²) in [5.74, 6) is 2.03. The molecule has 1 fully saturated rings. The number of hydrogen-bond donors (Lipinski definition) is 0. The summed E-state index contributed by atoms with van der Waals surface area (Å²) < 4.78 is 5.86. The first-order valence-electron chi connectivity index (χ1n) is 6.00. The SMILES string of the molecule is Cc1cccc(C2CC2)c1Oc1ccc(Cl)nn1.[NaH]. The Kier molecular flexibility index (Phi) is 4.85. The molecule has 0 unspecified atom stereocenters. The van der Waals surface area contributed by atoms with Gasteiger partial charge in [0.2, 0.25) is 5.88 Å². The molecule has 1 aliphatic rings. The minimum atomic E-state index is 0. The van der Waals surface area contributed by atoms with Crippen molar-refractivity contribution in [1.82, 2.24) is 10.2 Å². The minimum absolute atomic E-state index is 0. The maximum absolute atomic E-state index is 5.86. The van der Waals surface area contributed by atoms with Crippen LogP contribution in [-0.2, 0) is 0 Å². The first kappa shape index (κ1) is 14.8. The summed E-state index contributed by atoms with van der Waals surface area (Å²) in [6.07, 6.45) is 2.48. The van der Waals surface area contributed by atoms with Crippen molar-refractivity contribution in [3.05, 3.63) is 46.6 Å². The number of nitrogens with zero attached hydrogens (tertiary/aromatic N) is 2. The van der Waals surface area contributed by atoms with Gasteiger partial charge in [0.05, 0.1) is 0 Å².